The van der Waals surface area contributed by atoms with Gasteiger partial charge in [0.1, 0.15) is 11.3 Å². The lowest BCUT2D eigenvalue weighted by Crippen LogP contribution is -2.30. The van der Waals surface area contributed by atoms with Gasteiger partial charge < -0.3 is 15.1 Å². The van der Waals surface area contributed by atoms with E-state index in [1.54, 1.807) is 26.0 Å². The van der Waals surface area contributed by atoms with E-state index in [1.807, 2.05) is 0 Å². The molecule has 1 aromatic heterocycles. The molecule has 1 saturated heterocycles. The van der Waals surface area contributed by atoms with Crippen molar-refractivity contribution in [3.05, 3.63) is 57.1 Å². The van der Waals surface area contributed by atoms with Crippen LogP contribution >= 0.6 is 12.4 Å². The normalized spacial score (nSPS) is 16.7. The van der Waals surface area contributed by atoms with Crippen molar-refractivity contribution in [1.29, 1.82) is 0 Å². The number of aryl methyl sites for hydroxylation is 2. The van der Waals surface area contributed by atoms with Crippen molar-refractivity contribution >= 4 is 33.8 Å². The lowest BCUT2D eigenvalue weighted by molar-refractivity contribution is 0.102. The molecule has 2 heterocycles. The number of piperidine rings is 1. The molecule has 1 unspecified atom stereocenters. The summed E-state index contributed by atoms with van der Waals surface area (Å²) in [5.74, 6) is 0.0840. The lowest BCUT2D eigenvalue weighted by Gasteiger charge is -2.22. The molecule has 1 fully saturated rings. The Kier molecular flexibility index (Phi) is 7.26. The van der Waals surface area contributed by atoms with Crippen molar-refractivity contribution in [2.75, 3.05) is 24.7 Å². The summed E-state index contributed by atoms with van der Waals surface area (Å²) in [6, 6.07) is 6.22. The molecule has 1 aliphatic heterocycles. The van der Waals surface area contributed by atoms with Crippen LogP contribution in [0.5, 0.6) is 0 Å². The second-order valence-electron chi connectivity index (χ2n) is 7.24. The summed E-state index contributed by atoms with van der Waals surface area (Å²) in [5.41, 5.74) is 0.804. The van der Waals surface area contributed by atoms with Crippen LogP contribution in [0.3, 0.4) is 0 Å². The summed E-state index contributed by atoms with van der Waals surface area (Å²) in [5, 5.41) is 5.92. The lowest BCUT2D eigenvalue weighted by atomic mass is 9.95. The standard InChI is InChI=1S/C20H24N2O5S.ClH/c1-12-6-7-15(28(3,25)26)10-16(12)22-19(23)18-13(2)9-17(27-20(18)24)14-5-4-8-21-11-14;/h6-7,9-10,14,21H,4-5,8,11H2,1-3H3,(H,22,23);1H. The Morgan fingerprint density at radius 2 is 1.93 bits per heavy atom. The zero-order valence-electron chi connectivity index (χ0n) is 16.6. The molecule has 29 heavy (non-hydrogen) atoms. The van der Waals surface area contributed by atoms with Gasteiger partial charge in [0.15, 0.2) is 9.84 Å². The summed E-state index contributed by atoms with van der Waals surface area (Å²) in [6.45, 7) is 5.14. The van der Waals surface area contributed by atoms with E-state index in [4.69, 9.17) is 4.42 Å². The highest BCUT2D eigenvalue weighted by atomic mass is 35.5. The van der Waals surface area contributed by atoms with E-state index in [9.17, 15) is 18.0 Å². The van der Waals surface area contributed by atoms with Gasteiger partial charge in [-0.15, -0.1) is 12.4 Å². The number of hydrogen-bond acceptors (Lipinski definition) is 6. The Bertz CT molecular complexity index is 1070. The second-order valence-corrected chi connectivity index (χ2v) is 9.26. The fourth-order valence-corrected chi connectivity index (χ4v) is 4.00. The van der Waals surface area contributed by atoms with Crippen molar-refractivity contribution in [2.45, 2.75) is 37.5 Å². The zero-order valence-corrected chi connectivity index (χ0v) is 18.2. The molecule has 2 N–H and O–H groups in total. The molecule has 2 aromatic rings. The average molecular weight is 441 g/mol. The molecule has 158 valence electrons. The van der Waals surface area contributed by atoms with Gasteiger partial charge in [-0.3, -0.25) is 4.79 Å². The Balaban J connectivity index is 0.00000300. The third-order valence-corrected chi connectivity index (χ3v) is 6.09. The number of carbonyl (C=O) groups excluding carboxylic acids is 1. The van der Waals surface area contributed by atoms with Crippen LogP contribution in [0.15, 0.2) is 38.4 Å². The molecule has 1 amide bonds. The first-order valence-electron chi connectivity index (χ1n) is 9.14. The minimum Gasteiger partial charge on any atom is -0.427 e. The molecule has 1 aliphatic rings. The summed E-state index contributed by atoms with van der Waals surface area (Å²) in [7, 11) is -3.41. The molecule has 0 aliphatic carbocycles. The maximum atomic E-state index is 12.7. The van der Waals surface area contributed by atoms with Crippen LogP contribution in [0.2, 0.25) is 0 Å². The molecule has 3 rings (SSSR count). The first-order chi connectivity index (χ1) is 13.2. The highest BCUT2D eigenvalue weighted by molar-refractivity contribution is 7.90. The van der Waals surface area contributed by atoms with Gasteiger partial charge in [0.25, 0.3) is 5.91 Å². The first-order valence-corrected chi connectivity index (χ1v) is 11.0. The molecule has 0 bridgehead atoms. The van der Waals surface area contributed by atoms with Crippen LogP contribution < -0.4 is 16.3 Å². The molecule has 1 atom stereocenters. The summed E-state index contributed by atoms with van der Waals surface area (Å²) in [6.07, 6.45) is 3.03. The van der Waals surface area contributed by atoms with Gasteiger partial charge in [-0.25, -0.2) is 13.2 Å². The molecule has 0 saturated carbocycles. The number of rotatable bonds is 4. The van der Waals surface area contributed by atoms with E-state index in [0.717, 1.165) is 32.2 Å². The average Bonchev–Trinajstić information content (AvgIpc) is 2.62. The van der Waals surface area contributed by atoms with E-state index >= 15 is 0 Å². The Morgan fingerprint density at radius 3 is 2.52 bits per heavy atom. The van der Waals surface area contributed by atoms with Crippen LogP contribution in [0.4, 0.5) is 5.69 Å². The monoisotopic (exact) mass is 440 g/mol. The van der Waals surface area contributed by atoms with Crippen LogP contribution in [-0.4, -0.2) is 33.7 Å². The topological polar surface area (TPSA) is 105 Å². The predicted molar refractivity (Wildman–Crippen MR) is 114 cm³/mol. The van der Waals surface area contributed by atoms with E-state index in [1.165, 1.54) is 12.1 Å². The van der Waals surface area contributed by atoms with Gasteiger partial charge in [0, 0.05) is 24.4 Å². The first kappa shape index (κ1) is 23.1. The molecular weight excluding hydrogens is 416 g/mol. The predicted octanol–water partition coefficient (Wildman–Crippen LogP) is 2.80. The number of amides is 1. The Labute approximate surface area is 176 Å². The van der Waals surface area contributed by atoms with Gasteiger partial charge in [-0.2, -0.15) is 0 Å². The van der Waals surface area contributed by atoms with Crippen molar-refractivity contribution in [3.8, 4) is 0 Å². The van der Waals surface area contributed by atoms with Crippen molar-refractivity contribution in [2.24, 2.45) is 0 Å². The maximum absolute atomic E-state index is 12.7. The van der Waals surface area contributed by atoms with Gasteiger partial charge in [0.05, 0.1) is 4.90 Å². The smallest absolute Gasteiger partial charge is 0.349 e. The highest BCUT2D eigenvalue weighted by Crippen LogP contribution is 2.25. The summed E-state index contributed by atoms with van der Waals surface area (Å²) in [4.78, 5) is 25.3. The third-order valence-electron chi connectivity index (χ3n) is 4.98. The van der Waals surface area contributed by atoms with E-state index < -0.39 is 21.4 Å². The molecule has 7 nitrogen and oxygen atoms in total. The number of carbonyl (C=O) groups is 1. The number of benzene rings is 1. The number of sulfone groups is 1. The Morgan fingerprint density at radius 1 is 1.21 bits per heavy atom. The molecule has 9 heteroatoms. The second kappa shape index (κ2) is 9.11. The van der Waals surface area contributed by atoms with Crippen LogP contribution in [0.25, 0.3) is 0 Å². The van der Waals surface area contributed by atoms with E-state index in [2.05, 4.69) is 10.6 Å². The largest absolute Gasteiger partial charge is 0.427 e. The number of halogens is 1. The minimum atomic E-state index is -3.41. The highest BCUT2D eigenvalue weighted by Gasteiger charge is 2.23. The van der Waals surface area contributed by atoms with Crippen LogP contribution in [0, 0.1) is 13.8 Å². The van der Waals surface area contributed by atoms with Crippen molar-refractivity contribution in [3.63, 3.8) is 0 Å². The van der Waals surface area contributed by atoms with E-state index in [0.29, 0.717) is 22.6 Å². The fraction of sp³-hybridized carbons (Fsp3) is 0.400. The van der Waals surface area contributed by atoms with Gasteiger partial charge in [-0.1, -0.05) is 6.07 Å². The summed E-state index contributed by atoms with van der Waals surface area (Å²) < 4.78 is 29.0. The third kappa shape index (κ3) is 5.26. The Hall–Kier alpha value is -2.16. The van der Waals surface area contributed by atoms with E-state index in [-0.39, 0.29) is 28.8 Å². The number of hydrogen-bond donors (Lipinski definition) is 2. The molecular formula is C20H25ClN2O5S. The SMILES string of the molecule is Cc1ccc(S(C)(=O)=O)cc1NC(=O)c1c(C)cc(C2CCCNC2)oc1=O.Cl. The van der Waals surface area contributed by atoms with Gasteiger partial charge in [-0.05, 0) is 62.6 Å². The minimum absolute atomic E-state index is 0. The molecule has 0 radical (unpaired) electrons. The molecule has 0 spiro atoms. The maximum Gasteiger partial charge on any atom is 0.349 e. The summed E-state index contributed by atoms with van der Waals surface area (Å²) >= 11 is 0. The number of anilines is 1. The number of nitrogens with one attached hydrogen (secondary N) is 2. The quantitative estimate of drug-likeness (QED) is 0.757. The van der Waals surface area contributed by atoms with Crippen LogP contribution in [-0.2, 0) is 9.84 Å². The van der Waals surface area contributed by atoms with Gasteiger partial charge in [0.2, 0.25) is 0 Å². The van der Waals surface area contributed by atoms with Gasteiger partial charge >= 0.3 is 5.63 Å². The van der Waals surface area contributed by atoms with Crippen molar-refractivity contribution < 1.29 is 17.6 Å². The van der Waals surface area contributed by atoms with Crippen molar-refractivity contribution in [1.82, 2.24) is 5.32 Å². The van der Waals surface area contributed by atoms with Crippen LogP contribution in [0.1, 0.15) is 46.0 Å². The zero-order chi connectivity index (χ0) is 20.5. The fourth-order valence-electron chi connectivity index (χ4n) is 3.35. The molecule has 1 aromatic carbocycles.